The van der Waals surface area contributed by atoms with E-state index in [0.29, 0.717) is 5.56 Å². The Hall–Kier alpha value is -2.41. The number of sulfonamides is 1. The van der Waals surface area contributed by atoms with E-state index >= 15 is 0 Å². The molecule has 0 aliphatic carbocycles. The van der Waals surface area contributed by atoms with E-state index in [1.54, 1.807) is 19.1 Å². The fourth-order valence-corrected chi connectivity index (χ4v) is 2.93. The van der Waals surface area contributed by atoms with Crippen molar-refractivity contribution < 1.29 is 22.7 Å². The first-order chi connectivity index (χ1) is 9.81. The molecule has 0 atom stereocenters. The molecule has 110 valence electrons. The molecule has 0 aromatic heterocycles. The number of rotatable bonds is 4. The van der Waals surface area contributed by atoms with Crippen molar-refractivity contribution in [1.82, 2.24) is 0 Å². The highest BCUT2D eigenvalue weighted by atomic mass is 32.2. The van der Waals surface area contributed by atoms with E-state index in [1.165, 1.54) is 6.07 Å². The van der Waals surface area contributed by atoms with Crippen molar-refractivity contribution in [3.05, 3.63) is 59.4 Å². The fraction of sp³-hybridized carbons (Fsp3) is 0.0714. The Morgan fingerprint density at radius 1 is 1.14 bits per heavy atom. The van der Waals surface area contributed by atoms with Gasteiger partial charge in [0, 0.05) is 0 Å². The molecule has 21 heavy (non-hydrogen) atoms. The molecule has 0 unspecified atom stereocenters. The Morgan fingerprint density at radius 2 is 1.76 bits per heavy atom. The van der Waals surface area contributed by atoms with E-state index in [4.69, 9.17) is 5.11 Å². The van der Waals surface area contributed by atoms with E-state index in [9.17, 15) is 17.6 Å². The minimum Gasteiger partial charge on any atom is -0.478 e. The first kappa shape index (κ1) is 15.0. The molecule has 0 fully saturated rings. The number of hydrogen-bond acceptors (Lipinski definition) is 3. The SMILES string of the molecule is Cc1cccc(NS(=O)(=O)c2ccc(F)cc2)c1C(=O)O. The van der Waals surface area contributed by atoms with Gasteiger partial charge in [0.2, 0.25) is 0 Å². The highest BCUT2D eigenvalue weighted by molar-refractivity contribution is 7.92. The van der Waals surface area contributed by atoms with Gasteiger partial charge in [-0.2, -0.15) is 0 Å². The molecule has 0 spiro atoms. The smallest absolute Gasteiger partial charge is 0.338 e. The van der Waals surface area contributed by atoms with Gasteiger partial charge in [-0.05, 0) is 42.8 Å². The molecule has 0 radical (unpaired) electrons. The van der Waals surface area contributed by atoms with Crippen molar-refractivity contribution in [2.75, 3.05) is 4.72 Å². The lowest BCUT2D eigenvalue weighted by Crippen LogP contribution is -2.16. The summed E-state index contributed by atoms with van der Waals surface area (Å²) in [7, 11) is -3.98. The van der Waals surface area contributed by atoms with Gasteiger partial charge < -0.3 is 5.11 Å². The zero-order valence-corrected chi connectivity index (χ0v) is 11.8. The Labute approximate surface area is 121 Å². The van der Waals surface area contributed by atoms with Crippen LogP contribution in [0.3, 0.4) is 0 Å². The van der Waals surface area contributed by atoms with Crippen LogP contribution in [0.15, 0.2) is 47.4 Å². The van der Waals surface area contributed by atoms with Crippen LogP contribution in [0, 0.1) is 12.7 Å². The molecule has 5 nitrogen and oxygen atoms in total. The van der Waals surface area contributed by atoms with Crippen LogP contribution in [0.1, 0.15) is 15.9 Å². The van der Waals surface area contributed by atoms with Crippen molar-refractivity contribution >= 4 is 21.7 Å². The van der Waals surface area contributed by atoms with Gasteiger partial charge in [0.1, 0.15) is 5.82 Å². The summed E-state index contributed by atoms with van der Waals surface area (Å²) in [6.45, 7) is 1.57. The van der Waals surface area contributed by atoms with Gasteiger partial charge >= 0.3 is 5.97 Å². The van der Waals surface area contributed by atoms with E-state index < -0.39 is 21.8 Å². The van der Waals surface area contributed by atoms with Crippen LogP contribution < -0.4 is 4.72 Å². The number of aromatic carboxylic acids is 1. The molecule has 7 heteroatoms. The summed E-state index contributed by atoms with van der Waals surface area (Å²) < 4.78 is 39.4. The second kappa shape index (κ2) is 5.53. The maximum Gasteiger partial charge on any atom is 0.338 e. The van der Waals surface area contributed by atoms with Crippen molar-refractivity contribution in [1.29, 1.82) is 0 Å². The number of halogens is 1. The van der Waals surface area contributed by atoms with E-state index in [0.717, 1.165) is 24.3 Å². The molecule has 0 saturated carbocycles. The van der Waals surface area contributed by atoms with Crippen LogP contribution in [-0.4, -0.2) is 19.5 Å². The Kier molecular flexibility index (Phi) is 3.95. The number of carbonyl (C=O) groups is 1. The summed E-state index contributed by atoms with van der Waals surface area (Å²) in [5.74, 6) is -1.79. The van der Waals surface area contributed by atoms with Crippen molar-refractivity contribution in [2.45, 2.75) is 11.8 Å². The number of nitrogens with one attached hydrogen (secondary N) is 1. The van der Waals surface area contributed by atoms with Gasteiger partial charge in [0.25, 0.3) is 10.0 Å². The van der Waals surface area contributed by atoms with E-state index in [-0.39, 0.29) is 16.1 Å². The lowest BCUT2D eigenvalue weighted by atomic mass is 10.1. The molecule has 2 N–H and O–H groups in total. The van der Waals surface area contributed by atoms with Crippen LogP contribution in [-0.2, 0) is 10.0 Å². The molecule has 2 aromatic carbocycles. The number of hydrogen-bond donors (Lipinski definition) is 2. The largest absolute Gasteiger partial charge is 0.478 e. The molecule has 2 rings (SSSR count). The molecule has 0 saturated heterocycles. The third-order valence-electron chi connectivity index (χ3n) is 2.85. The summed E-state index contributed by atoms with van der Waals surface area (Å²) in [4.78, 5) is 11.1. The Morgan fingerprint density at radius 3 is 2.33 bits per heavy atom. The van der Waals surface area contributed by atoms with Crippen molar-refractivity contribution in [3.63, 3.8) is 0 Å². The standard InChI is InChI=1S/C14H12FNO4S/c1-9-3-2-4-12(13(9)14(17)18)16-21(19,20)11-7-5-10(15)6-8-11/h2-8,16H,1H3,(H,17,18). The summed E-state index contributed by atoms with van der Waals surface area (Å²) >= 11 is 0. The predicted molar refractivity (Wildman–Crippen MR) is 75.3 cm³/mol. The maximum atomic E-state index is 12.8. The molecule has 2 aromatic rings. The van der Waals surface area contributed by atoms with Crippen LogP contribution in [0.4, 0.5) is 10.1 Å². The van der Waals surface area contributed by atoms with Crippen LogP contribution in [0.2, 0.25) is 0 Å². The lowest BCUT2D eigenvalue weighted by Gasteiger charge is -2.12. The predicted octanol–water partition coefficient (Wildman–Crippen LogP) is 2.63. The average molecular weight is 309 g/mol. The molecule has 0 heterocycles. The number of carboxylic acid groups (broad SMARTS) is 1. The van der Waals surface area contributed by atoms with Gasteiger partial charge in [-0.3, -0.25) is 4.72 Å². The highest BCUT2D eigenvalue weighted by Crippen LogP contribution is 2.23. The second-order valence-corrected chi connectivity index (χ2v) is 6.04. The third kappa shape index (κ3) is 3.19. The van der Waals surface area contributed by atoms with E-state index in [1.807, 2.05) is 0 Å². The van der Waals surface area contributed by atoms with E-state index in [2.05, 4.69) is 4.72 Å². The van der Waals surface area contributed by atoms with Crippen LogP contribution in [0.5, 0.6) is 0 Å². The normalized spacial score (nSPS) is 11.1. The maximum absolute atomic E-state index is 12.8. The highest BCUT2D eigenvalue weighted by Gasteiger charge is 2.19. The molecular weight excluding hydrogens is 297 g/mol. The minimum atomic E-state index is -3.98. The monoisotopic (exact) mass is 309 g/mol. The molecular formula is C14H12FNO4S. The second-order valence-electron chi connectivity index (χ2n) is 4.36. The lowest BCUT2D eigenvalue weighted by molar-refractivity contribution is 0.0697. The quantitative estimate of drug-likeness (QED) is 0.909. The minimum absolute atomic E-state index is 0.0353. The third-order valence-corrected chi connectivity index (χ3v) is 4.24. The van der Waals surface area contributed by atoms with Gasteiger partial charge in [0.15, 0.2) is 0 Å². The molecule has 0 bridgehead atoms. The summed E-state index contributed by atoms with van der Waals surface area (Å²) in [6.07, 6.45) is 0. The summed E-state index contributed by atoms with van der Waals surface area (Å²) in [5.41, 5.74) is 0.275. The van der Waals surface area contributed by atoms with Gasteiger partial charge in [-0.15, -0.1) is 0 Å². The van der Waals surface area contributed by atoms with Gasteiger partial charge in [-0.25, -0.2) is 17.6 Å². The molecule has 0 amide bonds. The topological polar surface area (TPSA) is 83.5 Å². The van der Waals surface area contributed by atoms with Crippen LogP contribution in [0.25, 0.3) is 0 Å². The van der Waals surface area contributed by atoms with Crippen LogP contribution >= 0.6 is 0 Å². The Balaban J connectivity index is 2.44. The van der Waals surface area contributed by atoms with Gasteiger partial charge in [0.05, 0.1) is 16.1 Å². The van der Waals surface area contributed by atoms with Gasteiger partial charge in [-0.1, -0.05) is 12.1 Å². The average Bonchev–Trinajstić information content (AvgIpc) is 2.38. The van der Waals surface area contributed by atoms with Crippen molar-refractivity contribution in [3.8, 4) is 0 Å². The van der Waals surface area contributed by atoms with Crippen molar-refractivity contribution in [2.24, 2.45) is 0 Å². The summed E-state index contributed by atoms with van der Waals surface area (Å²) in [5, 5.41) is 9.17. The zero-order valence-electron chi connectivity index (χ0n) is 11.0. The Bertz CT molecular complexity index is 785. The zero-order chi connectivity index (χ0) is 15.6. The first-order valence-corrected chi connectivity index (χ1v) is 7.41. The summed E-state index contributed by atoms with van der Waals surface area (Å²) in [6, 6.07) is 8.72. The first-order valence-electron chi connectivity index (χ1n) is 5.92. The molecule has 0 aliphatic heterocycles. The molecule has 0 aliphatic rings. The number of anilines is 1. The number of benzene rings is 2. The number of carboxylic acids is 1. The number of aryl methyl sites for hydroxylation is 1. The fourth-order valence-electron chi connectivity index (χ4n) is 1.85.